The SMILES string of the molecule is CCCN1C(=O)C(CC(=O)Nc2ccc([N+](=O)[O-])cc2OC)SC1=Nc1cccc(C)c1. The molecule has 32 heavy (non-hydrogen) atoms. The number of non-ortho nitro benzene ring substituents is 1. The Hall–Kier alpha value is -3.40. The van der Waals surface area contributed by atoms with Gasteiger partial charge in [0.25, 0.3) is 5.69 Å². The van der Waals surface area contributed by atoms with E-state index in [9.17, 15) is 19.7 Å². The van der Waals surface area contributed by atoms with Gasteiger partial charge in [-0.3, -0.25) is 24.6 Å². The van der Waals surface area contributed by atoms with Gasteiger partial charge in [0.1, 0.15) is 11.0 Å². The second-order valence-electron chi connectivity index (χ2n) is 7.22. The predicted molar refractivity (Wildman–Crippen MR) is 125 cm³/mol. The van der Waals surface area contributed by atoms with Crippen LogP contribution in [0.1, 0.15) is 25.3 Å². The zero-order valence-electron chi connectivity index (χ0n) is 18.0. The number of benzene rings is 2. The number of nitro groups is 1. The third-order valence-corrected chi connectivity index (χ3v) is 5.91. The molecule has 1 saturated heterocycles. The number of nitrogens with zero attached hydrogens (tertiary/aromatic N) is 3. The Morgan fingerprint density at radius 3 is 2.75 bits per heavy atom. The van der Waals surface area contributed by atoms with Gasteiger partial charge < -0.3 is 10.1 Å². The van der Waals surface area contributed by atoms with E-state index in [4.69, 9.17) is 4.74 Å². The van der Waals surface area contributed by atoms with Gasteiger partial charge in [0, 0.05) is 19.0 Å². The lowest BCUT2D eigenvalue weighted by atomic mass is 10.2. The molecule has 0 aliphatic carbocycles. The van der Waals surface area contributed by atoms with Crippen LogP contribution in [0.25, 0.3) is 0 Å². The molecule has 1 unspecified atom stereocenters. The Bertz CT molecular complexity index is 1070. The number of carbonyl (C=O) groups excluding carboxylic acids is 2. The van der Waals surface area contributed by atoms with Crippen LogP contribution in [0, 0.1) is 17.0 Å². The normalized spacial score (nSPS) is 17.0. The Kier molecular flexibility index (Phi) is 7.47. The van der Waals surface area contributed by atoms with E-state index in [2.05, 4.69) is 10.3 Å². The van der Waals surface area contributed by atoms with E-state index >= 15 is 0 Å². The topological polar surface area (TPSA) is 114 Å². The molecular formula is C22H24N4O5S. The monoisotopic (exact) mass is 456 g/mol. The standard InChI is InChI=1S/C22H24N4O5S/c1-4-10-25-21(28)19(32-22(25)23-15-7-5-6-14(2)11-15)13-20(27)24-17-9-8-16(26(29)30)12-18(17)31-3/h5-9,11-12,19H,4,10,13H2,1-3H3,(H,24,27). The summed E-state index contributed by atoms with van der Waals surface area (Å²) >= 11 is 1.27. The summed E-state index contributed by atoms with van der Waals surface area (Å²) < 4.78 is 5.15. The summed E-state index contributed by atoms with van der Waals surface area (Å²) in [7, 11) is 1.36. The van der Waals surface area contributed by atoms with Gasteiger partial charge in [0.2, 0.25) is 11.8 Å². The minimum absolute atomic E-state index is 0.0588. The fraction of sp³-hybridized carbons (Fsp3) is 0.318. The number of aliphatic imine (C=N–C) groups is 1. The number of methoxy groups -OCH3 is 1. The van der Waals surface area contributed by atoms with E-state index in [-0.39, 0.29) is 23.8 Å². The van der Waals surface area contributed by atoms with Crippen LogP contribution in [-0.4, -0.2) is 45.7 Å². The Morgan fingerprint density at radius 2 is 2.09 bits per heavy atom. The second kappa shape index (κ2) is 10.3. The van der Waals surface area contributed by atoms with Crippen LogP contribution in [0.2, 0.25) is 0 Å². The summed E-state index contributed by atoms with van der Waals surface area (Å²) in [5.74, 6) is -0.377. The smallest absolute Gasteiger partial charge is 0.273 e. The molecule has 0 aromatic heterocycles. The molecule has 0 radical (unpaired) electrons. The number of aryl methyl sites for hydroxylation is 1. The molecule has 0 spiro atoms. The van der Waals surface area contributed by atoms with Gasteiger partial charge in [-0.15, -0.1) is 0 Å². The van der Waals surface area contributed by atoms with Crippen LogP contribution in [0.4, 0.5) is 17.1 Å². The molecule has 1 atom stereocenters. The zero-order valence-corrected chi connectivity index (χ0v) is 18.8. The molecule has 0 saturated carbocycles. The number of nitro benzene ring substituents is 1. The molecule has 2 aromatic rings. The van der Waals surface area contributed by atoms with Gasteiger partial charge in [0.15, 0.2) is 5.17 Å². The first-order valence-electron chi connectivity index (χ1n) is 10.1. The quantitative estimate of drug-likeness (QED) is 0.468. The van der Waals surface area contributed by atoms with Gasteiger partial charge in [-0.2, -0.15) is 0 Å². The highest BCUT2D eigenvalue weighted by Gasteiger charge is 2.38. The van der Waals surface area contributed by atoms with Crippen LogP contribution in [-0.2, 0) is 9.59 Å². The molecule has 1 N–H and O–H groups in total. The second-order valence-corrected chi connectivity index (χ2v) is 8.39. The number of nitrogens with one attached hydrogen (secondary N) is 1. The van der Waals surface area contributed by atoms with Gasteiger partial charge in [-0.1, -0.05) is 30.8 Å². The molecule has 3 rings (SSSR count). The van der Waals surface area contributed by atoms with Crippen LogP contribution in [0.15, 0.2) is 47.5 Å². The fourth-order valence-electron chi connectivity index (χ4n) is 3.23. The highest BCUT2D eigenvalue weighted by atomic mass is 32.2. The third-order valence-electron chi connectivity index (χ3n) is 4.73. The number of hydrogen-bond acceptors (Lipinski definition) is 7. The number of thioether (sulfide) groups is 1. The summed E-state index contributed by atoms with van der Waals surface area (Å²) in [4.78, 5) is 42.2. The van der Waals surface area contributed by atoms with E-state index in [0.717, 1.165) is 17.7 Å². The number of ether oxygens (including phenoxy) is 1. The highest BCUT2D eigenvalue weighted by molar-refractivity contribution is 8.15. The van der Waals surface area contributed by atoms with Crippen LogP contribution in [0.5, 0.6) is 5.75 Å². The van der Waals surface area contributed by atoms with Crippen LogP contribution >= 0.6 is 11.8 Å². The molecule has 10 heteroatoms. The molecule has 9 nitrogen and oxygen atoms in total. The van der Waals surface area contributed by atoms with Gasteiger partial charge in [-0.05, 0) is 37.1 Å². The number of hydrogen-bond donors (Lipinski definition) is 1. The van der Waals surface area contributed by atoms with Crippen molar-refractivity contribution in [3.63, 3.8) is 0 Å². The lowest BCUT2D eigenvalue weighted by molar-refractivity contribution is -0.384. The maximum atomic E-state index is 12.9. The van der Waals surface area contributed by atoms with Crippen molar-refractivity contribution < 1.29 is 19.2 Å². The van der Waals surface area contributed by atoms with Crippen molar-refractivity contribution in [2.45, 2.75) is 31.9 Å². The Balaban J connectivity index is 1.75. The summed E-state index contributed by atoms with van der Waals surface area (Å²) in [6.45, 7) is 4.47. The minimum atomic E-state index is -0.603. The highest BCUT2D eigenvalue weighted by Crippen LogP contribution is 2.33. The van der Waals surface area contributed by atoms with E-state index < -0.39 is 16.1 Å². The van der Waals surface area contributed by atoms with E-state index in [1.54, 1.807) is 4.90 Å². The molecular weight excluding hydrogens is 432 g/mol. The van der Waals surface area contributed by atoms with Gasteiger partial charge >= 0.3 is 0 Å². The maximum absolute atomic E-state index is 12.9. The maximum Gasteiger partial charge on any atom is 0.273 e. The average molecular weight is 457 g/mol. The van der Waals surface area contributed by atoms with Gasteiger partial charge in [-0.25, -0.2) is 4.99 Å². The predicted octanol–water partition coefficient (Wildman–Crippen LogP) is 4.28. The Morgan fingerprint density at radius 1 is 1.31 bits per heavy atom. The first-order valence-corrected chi connectivity index (χ1v) is 11.0. The molecule has 1 heterocycles. The molecule has 2 aromatic carbocycles. The largest absolute Gasteiger partial charge is 0.494 e. The lowest BCUT2D eigenvalue weighted by Gasteiger charge is -2.15. The Labute approximate surface area is 190 Å². The van der Waals surface area contributed by atoms with E-state index in [1.165, 1.54) is 37.1 Å². The first-order chi connectivity index (χ1) is 15.3. The molecule has 0 bridgehead atoms. The van der Waals surface area contributed by atoms with Crippen molar-refractivity contribution in [2.24, 2.45) is 4.99 Å². The van der Waals surface area contributed by atoms with E-state index in [1.807, 2.05) is 38.1 Å². The van der Waals surface area contributed by atoms with Crippen molar-refractivity contribution in [1.82, 2.24) is 4.90 Å². The van der Waals surface area contributed by atoms with Crippen LogP contribution in [0.3, 0.4) is 0 Å². The molecule has 168 valence electrons. The molecule has 1 fully saturated rings. The lowest BCUT2D eigenvalue weighted by Crippen LogP contribution is -2.34. The summed E-state index contributed by atoms with van der Waals surface area (Å²) in [5.41, 5.74) is 1.98. The van der Waals surface area contributed by atoms with Crippen molar-refractivity contribution in [3.8, 4) is 5.75 Å². The third kappa shape index (κ3) is 5.44. The molecule has 1 aliphatic rings. The van der Waals surface area contributed by atoms with Crippen molar-refractivity contribution in [1.29, 1.82) is 0 Å². The van der Waals surface area contributed by atoms with Crippen molar-refractivity contribution in [3.05, 3.63) is 58.1 Å². The minimum Gasteiger partial charge on any atom is -0.494 e. The number of amides is 2. The number of anilines is 1. The van der Waals surface area contributed by atoms with Crippen LogP contribution < -0.4 is 10.1 Å². The van der Waals surface area contributed by atoms with Crippen molar-refractivity contribution >= 4 is 45.8 Å². The van der Waals surface area contributed by atoms with Gasteiger partial charge in [0.05, 0.1) is 29.5 Å². The fourth-order valence-corrected chi connectivity index (χ4v) is 4.41. The van der Waals surface area contributed by atoms with Crippen molar-refractivity contribution in [2.75, 3.05) is 19.0 Å². The number of rotatable bonds is 8. The summed E-state index contributed by atoms with van der Waals surface area (Å²) in [6, 6.07) is 11.6. The zero-order chi connectivity index (χ0) is 23.3. The molecule has 2 amide bonds. The van der Waals surface area contributed by atoms with E-state index in [0.29, 0.717) is 17.4 Å². The summed E-state index contributed by atoms with van der Waals surface area (Å²) in [5, 5.41) is 13.6. The summed E-state index contributed by atoms with van der Waals surface area (Å²) in [6.07, 6.45) is 0.703. The first kappa shape index (κ1) is 23.3. The number of carbonyl (C=O) groups is 2. The average Bonchev–Trinajstić information content (AvgIpc) is 3.03. The number of amidine groups is 1. The molecule has 1 aliphatic heterocycles.